The second-order valence-electron chi connectivity index (χ2n) is 6.11. The maximum Gasteiger partial charge on any atom is 0.307 e. The van der Waals surface area contributed by atoms with Gasteiger partial charge in [-0.1, -0.05) is 18.2 Å². The molecule has 0 radical (unpaired) electrons. The quantitative estimate of drug-likeness (QED) is 0.643. The first-order valence-corrected chi connectivity index (χ1v) is 10.3. The first-order chi connectivity index (χ1) is 13.3. The predicted molar refractivity (Wildman–Crippen MR) is 105 cm³/mol. The van der Waals surface area contributed by atoms with E-state index in [1.165, 1.54) is 20.3 Å². The Hall–Kier alpha value is -2.58. The average molecular weight is 407 g/mol. The molecule has 7 nitrogen and oxygen atoms in total. The molecule has 0 aliphatic carbocycles. The molecule has 0 unspecified atom stereocenters. The molecule has 1 N–H and O–H groups in total. The number of nitrogens with one attached hydrogen (secondary N) is 1. The summed E-state index contributed by atoms with van der Waals surface area (Å²) in [6.07, 6.45) is -0.145. The number of hydrogen-bond acceptors (Lipinski definition) is 6. The minimum absolute atomic E-state index is 0.0115. The number of esters is 1. The van der Waals surface area contributed by atoms with Crippen LogP contribution in [0.2, 0.25) is 0 Å². The summed E-state index contributed by atoms with van der Waals surface area (Å²) in [6.45, 7) is 3.70. The summed E-state index contributed by atoms with van der Waals surface area (Å²) in [5, 5.41) is 0. The number of carbonyl (C=O) groups excluding carboxylic acids is 1. The molecule has 0 saturated carbocycles. The highest BCUT2D eigenvalue weighted by Crippen LogP contribution is 2.28. The third-order valence-corrected chi connectivity index (χ3v) is 5.59. The zero-order valence-electron chi connectivity index (χ0n) is 16.4. The molecule has 2 rings (SSSR count). The predicted octanol–water partition coefficient (Wildman–Crippen LogP) is 2.99. The van der Waals surface area contributed by atoms with Crippen LogP contribution in [0.4, 0.5) is 0 Å². The van der Waals surface area contributed by atoms with Gasteiger partial charge in [0.15, 0.2) is 0 Å². The number of rotatable bonds is 9. The van der Waals surface area contributed by atoms with E-state index in [1.54, 1.807) is 50.2 Å². The Labute approximate surface area is 165 Å². The van der Waals surface area contributed by atoms with Crippen molar-refractivity contribution in [3.8, 4) is 11.5 Å². The molecule has 0 bridgehead atoms. The van der Waals surface area contributed by atoms with Gasteiger partial charge in [0, 0.05) is 0 Å². The van der Waals surface area contributed by atoms with Crippen molar-refractivity contribution in [3.63, 3.8) is 0 Å². The monoisotopic (exact) mass is 407 g/mol. The van der Waals surface area contributed by atoms with E-state index < -0.39 is 22.0 Å². The van der Waals surface area contributed by atoms with Crippen LogP contribution in [-0.4, -0.2) is 35.2 Å². The Morgan fingerprint density at radius 2 is 1.75 bits per heavy atom. The van der Waals surface area contributed by atoms with Gasteiger partial charge in [-0.2, -0.15) is 0 Å². The number of methoxy groups -OCH3 is 2. The summed E-state index contributed by atoms with van der Waals surface area (Å²) < 4.78 is 44.0. The summed E-state index contributed by atoms with van der Waals surface area (Å²) in [6, 6.07) is 10.9. The highest BCUT2D eigenvalue weighted by molar-refractivity contribution is 7.89. The molecule has 152 valence electrons. The van der Waals surface area contributed by atoms with Gasteiger partial charge < -0.3 is 14.2 Å². The standard InChI is InChI=1S/C20H25NO6S/c1-5-27-20(22)13-17(15-7-9-16(25-3)10-8-15)21-28(23,24)19-12-14(2)6-11-18(19)26-4/h6-12,17,21H,5,13H2,1-4H3/t17-/m1/s1. The first kappa shape index (κ1) is 21.7. The number of benzene rings is 2. The maximum atomic E-state index is 13.0. The number of sulfonamides is 1. The Kier molecular flexibility index (Phi) is 7.42. The molecule has 2 aromatic rings. The van der Waals surface area contributed by atoms with Gasteiger partial charge in [0.25, 0.3) is 0 Å². The molecule has 0 amide bonds. The number of hydrogen-bond donors (Lipinski definition) is 1. The molecule has 8 heteroatoms. The van der Waals surface area contributed by atoms with E-state index in [2.05, 4.69) is 4.72 Å². The Morgan fingerprint density at radius 1 is 1.07 bits per heavy atom. The lowest BCUT2D eigenvalue weighted by atomic mass is 10.0. The highest BCUT2D eigenvalue weighted by Gasteiger charge is 2.27. The summed E-state index contributed by atoms with van der Waals surface area (Å²) >= 11 is 0. The fraction of sp³-hybridized carbons (Fsp3) is 0.350. The number of aryl methyl sites for hydroxylation is 1. The van der Waals surface area contributed by atoms with Crippen LogP contribution in [-0.2, 0) is 19.6 Å². The van der Waals surface area contributed by atoms with Crippen molar-refractivity contribution in [2.75, 3.05) is 20.8 Å². The van der Waals surface area contributed by atoms with Crippen molar-refractivity contribution < 1.29 is 27.4 Å². The van der Waals surface area contributed by atoms with Crippen molar-refractivity contribution >= 4 is 16.0 Å². The molecule has 2 aromatic carbocycles. The van der Waals surface area contributed by atoms with Crippen LogP contribution >= 0.6 is 0 Å². The molecule has 0 aliphatic rings. The SMILES string of the molecule is CCOC(=O)C[C@@H](NS(=O)(=O)c1cc(C)ccc1OC)c1ccc(OC)cc1. The zero-order valence-corrected chi connectivity index (χ0v) is 17.2. The minimum atomic E-state index is -3.96. The number of carbonyl (C=O) groups is 1. The number of ether oxygens (including phenoxy) is 3. The summed E-state index contributed by atoms with van der Waals surface area (Å²) in [5.41, 5.74) is 1.39. The van der Waals surface area contributed by atoms with Crippen molar-refractivity contribution in [2.24, 2.45) is 0 Å². The minimum Gasteiger partial charge on any atom is -0.497 e. The third-order valence-electron chi connectivity index (χ3n) is 4.10. The Morgan fingerprint density at radius 3 is 2.32 bits per heavy atom. The fourth-order valence-electron chi connectivity index (χ4n) is 2.70. The van der Waals surface area contributed by atoms with Gasteiger partial charge in [-0.15, -0.1) is 0 Å². The molecule has 0 aromatic heterocycles. The van der Waals surface area contributed by atoms with E-state index in [1.807, 2.05) is 0 Å². The molecule has 0 fully saturated rings. The van der Waals surface area contributed by atoms with Gasteiger partial charge in [0.1, 0.15) is 16.4 Å². The van der Waals surface area contributed by atoms with Gasteiger partial charge in [-0.3, -0.25) is 4.79 Å². The molecule has 0 spiro atoms. The van der Waals surface area contributed by atoms with Crippen molar-refractivity contribution in [2.45, 2.75) is 31.2 Å². The van der Waals surface area contributed by atoms with E-state index in [-0.39, 0.29) is 23.7 Å². The van der Waals surface area contributed by atoms with Gasteiger partial charge >= 0.3 is 5.97 Å². The molecule has 0 saturated heterocycles. The third kappa shape index (κ3) is 5.46. The van der Waals surface area contributed by atoms with Gasteiger partial charge in [-0.25, -0.2) is 13.1 Å². The Balaban J connectivity index is 2.39. The Bertz CT molecular complexity index is 909. The first-order valence-electron chi connectivity index (χ1n) is 8.77. The highest BCUT2D eigenvalue weighted by atomic mass is 32.2. The zero-order chi connectivity index (χ0) is 20.7. The topological polar surface area (TPSA) is 90.9 Å². The van der Waals surface area contributed by atoms with E-state index in [0.717, 1.165) is 5.56 Å². The van der Waals surface area contributed by atoms with Gasteiger partial charge in [0.2, 0.25) is 10.0 Å². The van der Waals surface area contributed by atoms with Gasteiger partial charge in [-0.05, 0) is 49.2 Å². The van der Waals surface area contributed by atoms with E-state index in [4.69, 9.17) is 14.2 Å². The normalized spacial score (nSPS) is 12.3. The maximum absolute atomic E-state index is 13.0. The largest absolute Gasteiger partial charge is 0.497 e. The average Bonchev–Trinajstić information content (AvgIpc) is 2.67. The van der Waals surface area contributed by atoms with Crippen LogP contribution in [0.5, 0.6) is 11.5 Å². The van der Waals surface area contributed by atoms with E-state index in [0.29, 0.717) is 11.3 Å². The summed E-state index contributed by atoms with van der Waals surface area (Å²) in [7, 11) is -1.02. The van der Waals surface area contributed by atoms with Crippen LogP contribution in [0.3, 0.4) is 0 Å². The summed E-state index contributed by atoms with van der Waals surface area (Å²) in [5.74, 6) is 0.354. The van der Waals surface area contributed by atoms with E-state index >= 15 is 0 Å². The van der Waals surface area contributed by atoms with Crippen LogP contribution in [0.1, 0.15) is 30.5 Å². The van der Waals surface area contributed by atoms with Crippen molar-refractivity contribution in [1.82, 2.24) is 4.72 Å². The van der Waals surface area contributed by atoms with Crippen molar-refractivity contribution in [1.29, 1.82) is 0 Å². The molecule has 28 heavy (non-hydrogen) atoms. The lowest BCUT2D eigenvalue weighted by Gasteiger charge is -2.20. The smallest absolute Gasteiger partial charge is 0.307 e. The van der Waals surface area contributed by atoms with E-state index in [9.17, 15) is 13.2 Å². The summed E-state index contributed by atoms with van der Waals surface area (Å²) in [4.78, 5) is 12.1. The van der Waals surface area contributed by atoms with Crippen LogP contribution in [0.15, 0.2) is 47.4 Å². The van der Waals surface area contributed by atoms with Crippen LogP contribution in [0, 0.1) is 6.92 Å². The second kappa shape index (κ2) is 9.57. The fourth-order valence-corrected chi connectivity index (χ4v) is 4.17. The van der Waals surface area contributed by atoms with Crippen LogP contribution < -0.4 is 14.2 Å². The lowest BCUT2D eigenvalue weighted by Crippen LogP contribution is -2.31. The molecule has 0 heterocycles. The molecular formula is C20H25NO6S. The second-order valence-corrected chi connectivity index (χ2v) is 7.79. The molecular weight excluding hydrogens is 382 g/mol. The van der Waals surface area contributed by atoms with Gasteiger partial charge in [0.05, 0.1) is 33.3 Å². The van der Waals surface area contributed by atoms with Crippen molar-refractivity contribution in [3.05, 3.63) is 53.6 Å². The molecule has 1 atom stereocenters. The molecule has 0 aliphatic heterocycles. The van der Waals surface area contributed by atoms with Crippen LogP contribution in [0.25, 0.3) is 0 Å². The lowest BCUT2D eigenvalue weighted by molar-refractivity contribution is -0.143.